The van der Waals surface area contributed by atoms with Gasteiger partial charge in [0.2, 0.25) is 0 Å². The van der Waals surface area contributed by atoms with Gasteiger partial charge in [0.25, 0.3) is 0 Å². The Balaban J connectivity index is 2.16. The zero-order chi connectivity index (χ0) is 13.1. The smallest absolute Gasteiger partial charge is 0.130 e. The molecule has 2 rings (SSSR count). The molecule has 0 aromatic heterocycles. The van der Waals surface area contributed by atoms with Crippen molar-refractivity contribution in [3.63, 3.8) is 0 Å². The lowest BCUT2D eigenvalue weighted by Gasteiger charge is -2.12. The summed E-state index contributed by atoms with van der Waals surface area (Å²) < 4.78 is 14.8. The minimum Gasteiger partial charge on any atom is -0.388 e. The number of halogens is 3. The Labute approximate surface area is 124 Å². The lowest BCUT2D eigenvalue weighted by Crippen LogP contribution is -2.04. The zero-order valence-corrected chi connectivity index (χ0v) is 12.3. The third kappa shape index (κ3) is 3.43. The van der Waals surface area contributed by atoms with E-state index in [4.69, 9.17) is 11.6 Å². The lowest BCUT2D eigenvalue weighted by atomic mass is 10.0. The van der Waals surface area contributed by atoms with Crippen LogP contribution in [0, 0.1) is 9.39 Å². The molecule has 0 spiro atoms. The van der Waals surface area contributed by atoms with Crippen LogP contribution in [0.1, 0.15) is 17.2 Å². The normalized spacial score (nSPS) is 12.4. The Morgan fingerprint density at radius 1 is 1.17 bits per heavy atom. The van der Waals surface area contributed by atoms with Crippen LogP contribution in [-0.4, -0.2) is 5.11 Å². The van der Waals surface area contributed by atoms with Crippen molar-refractivity contribution in [2.45, 2.75) is 12.5 Å². The summed E-state index contributed by atoms with van der Waals surface area (Å²) in [7, 11) is 0. The monoisotopic (exact) mass is 376 g/mol. The maximum Gasteiger partial charge on any atom is 0.130 e. The first-order valence-electron chi connectivity index (χ1n) is 5.44. The van der Waals surface area contributed by atoms with Gasteiger partial charge in [-0.2, -0.15) is 0 Å². The fourth-order valence-electron chi connectivity index (χ4n) is 1.73. The SMILES string of the molecule is OC(Cc1ccc(I)cc1)c1ccc(Cl)cc1F. The fourth-order valence-corrected chi connectivity index (χ4v) is 2.24. The summed E-state index contributed by atoms with van der Waals surface area (Å²) in [4.78, 5) is 0. The molecule has 1 atom stereocenters. The van der Waals surface area contributed by atoms with Gasteiger partial charge in [-0.1, -0.05) is 29.8 Å². The van der Waals surface area contributed by atoms with E-state index >= 15 is 0 Å². The molecule has 0 fully saturated rings. The van der Waals surface area contributed by atoms with E-state index in [2.05, 4.69) is 22.6 Å². The van der Waals surface area contributed by atoms with Crippen molar-refractivity contribution in [3.05, 3.63) is 68.0 Å². The highest BCUT2D eigenvalue weighted by molar-refractivity contribution is 14.1. The first-order chi connectivity index (χ1) is 8.56. The zero-order valence-electron chi connectivity index (χ0n) is 9.41. The first kappa shape index (κ1) is 13.8. The average Bonchev–Trinajstić information content (AvgIpc) is 2.32. The van der Waals surface area contributed by atoms with Gasteiger partial charge in [-0.25, -0.2) is 4.39 Å². The van der Waals surface area contributed by atoms with Crippen LogP contribution in [0.4, 0.5) is 4.39 Å². The molecule has 1 unspecified atom stereocenters. The molecule has 0 aliphatic carbocycles. The molecule has 0 heterocycles. The standard InChI is InChI=1S/C14H11ClFIO/c15-10-3-6-12(13(16)8-10)14(18)7-9-1-4-11(17)5-2-9/h1-6,8,14,18H,7H2. The van der Waals surface area contributed by atoms with Gasteiger partial charge in [-0.15, -0.1) is 0 Å². The van der Waals surface area contributed by atoms with Crippen molar-refractivity contribution >= 4 is 34.2 Å². The second kappa shape index (κ2) is 5.99. The summed E-state index contributed by atoms with van der Waals surface area (Å²) in [5.74, 6) is -0.472. The van der Waals surface area contributed by atoms with E-state index in [1.165, 1.54) is 12.1 Å². The van der Waals surface area contributed by atoms with Crippen LogP contribution in [0.25, 0.3) is 0 Å². The summed E-state index contributed by atoms with van der Waals surface area (Å²) in [5, 5.41) is 10.4. The minimum absolute atomic E-state index is 0.276. The van der Waals surface area contributed by atoms with E-state index in [9.17, 15) is 9.50 Å². The molecule has 0 saturated carbocycles. The Kier molecular flexibility index (Phi) is 4.59. The summed E-state index contributed by atoms with van der Waals surface area (Å²) in [5.41, 5.74) is 1.25. The summed E-state index contributed by atoms with van der Waals surface area (Å²) >= 11 is 7.89. The van der Waals surface area contributed by atoms with Crippen molar-refractivity contribution in [1.29, 1.82) is 0 Å². The number of rotatable bonds is 3. The molecule has 0 bridgehead atoms. The average molecular weight is 377 g/mol. The molecule has 1 N–H and O–H groups in total. The Morgan fingerprint density at radius 3 is 2.44 bits per heavy atom. The third-order valence-electron chi connectivity index (χ3n) is 2.66. The van der Waals surface area contributed by atoms with Gasteiger partial charge in [-0.05, 0) is 52.4 Å². The van der Waals surface area contributed by atoms with Gasteiger partial charge in [0.1, 0.15) is 5.82 Å². The van der Waals surface area contributed by atoms with Crippen LogP contribution in [0.15, 0.2) is 42.5 Å². The van der Waals surface area contributed by atoms with Gasteiger partial charge in [0.15, 0.2) is 0 Å². The molecule has 0 aliphatic heterocycles. The van der Waals surface area contributed by atoms with E-state index < -0.39 is 11.9 Å². The van der Waals surface area contributed by atoms with Crippen molar-refractivity contribution in [1.82, 2.24) is 0 Å². The molecular formula is C14H11ClFIO. The Bertz CT molecular complexity index is 542. The van der Waals surface area contributed by atoms with Crippen molar-refractivity contribution in [2.24, 2.45) is 0 Å². The highest BCUT2D eigenvalue weighted by atomic mass is 127. The largest absolute Gasteiger partial charge is 0.388 e. The van der Waals surface area contributed by atoms with Gasteiger partial charge >= 0.3 is 0 Å². The minimum atomic E-state index is -0.859. The van der Waals surface area contributed by atoms with Crippen LogP contribution in [0.3, 0.4) is 0 Å². The molecule has 0 radical (unpaired) electrons. The molecule has 2 aromatic carbocycles. The number of hydrogen-bond donors (Lipinski definition) is 1. The molecule has 18 heavy (non-hydrogen) atoms. The van der Waals surface area contributed by atoms with Crippen LogP contribution in [0.5, 0.6) is 0 Å². The second-order valence-electron chi connectivity index (χ2n) is 4.01. The molecular weight excluding hydrogens is 366 g/mol. The molecule has 2 aromatic rings. The third-order valence-corrected chi connectivity index (χ3v) is 3.62. The predicted octanol–water partition coefficient (Wildman–Crippen LogP) is 4.36. The Hall–Kier alpha value is -0.650. The molecule has 1 nitrogen and oxygen atoms in total. The van der Waals surface area contributed by atoms with Crippen LogP contribution in [0.2, 0.25) is 5.02 Å². The van der Waals surface area contributed by atoms with Crippen molar-refractivity contribution in [3.8, 4) is 0 Å². The van der Waals surface area contributed by atoms with Gasteiger partial charge in [0, 0.05) is 20.6 Å². The summed E-state index contributed by atoms with van der Waals surface area (Å²) in [6, 6.07) is 12.1. The maximum atomic E-state index is 13.6. The summed E-state index contributed by atoms with van der Waals surface area (Å²) in [6.07, 6.45) is -0.475. The van der Waals surface area contributed by atoms with E-state index in [1.54, 1.807) is 6.07 Å². The topological polar surface area (TPSA) is 20.2 Å². The highest BCUT2D eigenvalue weighted by Crippen LogP contribution is 2.24. The number of benzene rings is 2. The van der Waals surface area contributed by atoms with Crippen LogP contribution >= 0.6 is 34.2 Å². The summed E-state index contributed by atoms with van der Waals surface area (Å²) in [6.45, 7) is 0. The molecule has 0 aliphatic rings. The lowest BCUT2D eigenvalue weighted by molar-refractivity contribution is 0.173. The number of hydrogen-bond acceptors (Lipinski definition) is 1. The maximum absolute atomic E-state index is 13.6. The van der Waals surface area contributed by atoms with E-state index in [0.717, 1.165) is 9.13 Å². The van der Waals surface area contributed by atoms with E-state index in [-0.39, 0.29) is 5.56 Å². The fraction of sp³-hybridized carbons (Fsp3) is 0.143. The van der Waals surface area contributed by atoms with Crippen LogP contribution < -0.4 is 0 Å². The van der Waals surface area contributed by atoms with E-state index in [0.29, 0.717) is 11.4 Å². The number of aliphatic hydroxyl groups excluding tert-OH is 1. The molecule has 0 amide bonds. The predicted molar refractivity (Wildman–Crippen MR) is 79.2 cm³/mol. The van der Waals surface area contributed by atoms with Gasteiger partial charge < -0.3 is 5.11 Å². The molecule has 94 valence electrons. The first-order valence-corrected chi connectivity index (χ1v) is 6.89. The van der Waals surface area contributed by atoms with Gasteiger partial charge in [0.05, 0.1) is 6.10 Å². The number of aliphatic hydroxyl groups is 1. The van der Waals surface area contributed by atoms with Crippen molar-refractivity contribution < 1.29 is 9.50 Å². The molecule has 0 saturated heterocycles. The highest BCUT2D eigenvalue weighted by Gasteiger charge is 2.13. The van der Waals surface area contributed by atoms with Crippen LogP contribution in [-0.2, 0) is 6.42 Å². The quantitative estimate of drug-likeness (QED) is 0.789. The second-order valence-corrected chi connectivity index (χ2v) is 5.69. The Morgan fingerprint density at radius 2 is 1.83 bits per heavy atom. The van der Waals surface area contributed by atoms with Gasteiger partial charge in [-0.3, -0.25) is 0 Å². The van der Waals surface area contributed by atoms with Crippen molar-refractivity contribution in [2.75, 3.05) is 0 Å². The van der Waals surface area contributed by atoms with E-state index in [1.807, 2.05) is 24.3 Å². The molecule has 4 heteroatoms.